The van der Waals surface area contributed by atoms with Crippen LogP contribution >= 0.6 is 0 Å². The molecule has 0 aliphatic carbocycles. The number of aliphatic hydroxyl groups excluding tert-OH is 2. The van der Waals surface area contributed by atoms with E-state index in [1.807, 2.05) is 0 Å². The van der Waals surface area contributed by atoms with Gasteiger partial charge in [0.1, 0.15) is 5.82 Å². The topological polar surface area (TPSA) is 43.7 Å². The fraction of sp³-hybridized carbons (Fsp3) is 0.571. The van der Waals surface area contributed by atoms with Crippen molar-refractivity contribution in [2.75, 3.05) is 19.6 Å². The summed E-state index contributed by atoms with van der Waals surface area (Å²) in [6, 6.07) is 6.09. The van der Waals surface area contributed by atoms with E-state index in [0.717, 1.165) is 25.9 Å². The van der Waals surface area contributed by atoms with Gasteiger partial charge in [-0.1, -0.05) is 12.1 Å². The van der Waals surface area contributed by atoms with Crippen molar-refractivity contribution in [1.29, 1.82) is 0 Å². The van der Waals surface area contributed by atoms with Crippen molar-refractivity contribution >= 4 is 0 Å². The van der Waals surface area contributed by atoms with Gasteiger partial charge in [-0.3, -0.25) is 0 Å². The van der Waals surface area contributed by atoms with E-state index >= 15 is 0 Å². The molecule has 18 heavy (non-hydrogen) atoms. The van der Waals surface area contributed by atoms with Crippen LogP contribution in [0, 0.1) is 5.82 Å². The van der Waals surface area contributed by atoms with E-state index in [-0.39, 0.29) is 11.9 Å². The highest BCUT2D eigenvalue weighted by Crippen LogP contribution is 2.19. The highest BCUT2D eigenvalue weighted by Gasteiger charge is 2.18. The predicted molar refractivity (Wildman–Crippen MR) is 67.7 cm³/mol. The Morgan fingerprint density at radius 1 is 1.44 bits per heavy atom. The maximum atomic E-state index is 13.0. The largest absolute Gasteiger partial charge is 0.392 e. The molecule has 0 aromatic heterocycles. The number of piperidine rings is 1. The lowest BCUT2D eigenvalue weighted by Crippen LogP contribution is -2.39. The smallest absolute Gasteiger partial charge is 0.123 e. The van der Waals surface area contributed by atoms with Crippen molar-refractivity contribution in [3.63, 3.8) is 0 Å². The van der Waals surface area contributed by atoms with Crippen LogP contribution < -0.4 is 0 Å². The summed E-state index contributed by atoms with van der Waals surface area (Å²) in [5, 5.41) is 19.5. The summed E-state index contributed by atoms with van der Waals surface area (Å²) in [5.74, 6) is -0.319. The van der Waals surface area contributed by atoms with Gasteiger partial charge in [-0.2, -0.15) is 0 Å². The Balaban J connectivity index is 1.82. The van der Waals surface area contributed by atoms with Gasteiger partial charge in [0.2, 0.25) is 0 Å². The summed E-state index contributed by atoms with van der Waals surface area (Å²) in [6.07, 6.45) is 1.54. The first-order chi connectivity index (χ1) is 8.65. The first kappa shape index (κ1) is 13.5. The minimum absolute atomic E-state index is 0.245. The van der Waals surface area contributed by atoms with Gasteiger partial charge in [0.05, 0.1) is 12.2 Å². The Morgan fingerprint density at radius 2 is 2.28 bits per heavy atom. The van der Waals surface area contributed by atoms with Crippen LogP contribution in [0.15, 0.2) is 24.3 Å². The monoisotopic (exact) mass is 253 g/mol. The van der Waals surface area contributed by atoms with E-state index in [1.165, 1.54) is 12.1 Å². The molecule has 1 aromatic rings. The fourth-order valence-corrected chi connectivity index (χ4v) is 2.42. The van der Waals surface area contributed by atoms with Crippen LogP contribution in [0.1, 0.15) is 30.9 Å². The third-order valence-electron chi connectivity index (χ3n) is 3.43. The molecule has 1 saturated heterocycles. The first-order valence-electron chi connectivity index (χ1n) is 6.49. The molecule has 1 aliphatic rings. The second-order valence-corrected chi connectivity index (χ2v) is 4.96. The second-order valence-electron chi connectivity index (χ2n) is 4.96. The molecule has 2 N–H and O–H groups in total. The van der Waals surface area contributed by atoms with Crippen LogP contribution in [0.2, 0.25) is 0 Å². The van der Waals surface area contributed by atoms with Crippen LogP contribution in [0.5, 0.6) is 0 Å². The van der Waals surface area contributed by atoms with Gasteiger partial charge < -0.3 is 15.1 Å². The standard InChI is InChI=1S/C14H20FNO2/c15-12-4-1-3-11(9-12)14(18)6-8-16-7-2-5-13(17)10-16/h1,3-4,9,13-14,17-18H,2,5-8,10H2. The number of likely N-dealkylation sites (tertiary alicyclic amines) is 1. The molecule has 1 aromatic carbocycles. The average Bonchev–Trinajstić information content (AvgIpc) is 2.36. The summed E-state index contributed by atoms with van der Waals surface area (Å²) in [5.41, 5.74) is 0.618. The number of rotatable bonds is 4. The van der Waals surface area contributed by atoms with Crippen molar-refractivity contribution in [3.05, 3.63) is 35.6 Å². The van der Waals surface area contributed by atoms with Crippen LogP contribution in [0.3, 0.4) is 0 Å². The van der Waals surface area contributed by atoms with Crippen molar-refractivity contribution in [3.8, 4) is 0 Å². The van der Waals surface area contributed by atoms with E-state index in [0.29, 0.717) is 18.5 Å². The fourth-order valence-electron chi connectivity index (χ4n) is 2.42. The molecule has 0 bridgehead atoms. The van der Waals surface area contributed by atoms with Crippen LogP contribution in [-0.4, -0.2) is 40.9 Å². The molecule has 1 aliphatic heterocycles. The molecule has 1 fully saturated rings. The van der Waals surface area contributed by atoms with Gasteiger partial charge in [-0.15, -0.1) is 0 Å². The van der Waals surface area contributed by atoms with E-state index in [9.17, 15) is 14.6 Å². The second kappa shape index (κ2) is 6.27. The number of hydrogen-bond acceptors (Lipinski definition) is 3. The Hall–Kier alpha value is -0.970. The minimum Gasteiger partial charge on any atom is -0.392 e. The molecule has 100 valence electrons. The number of benzene rings is 1. The van der Waals surface area contributed by atoms with Crippen molar-refractivity contribution in [2.24, 2.45) is 0 Å². The zero-order chi connectivity index (χ0) is 13.0. The Morgan fingerprint density at radius 3 is 3.00 bits per heavy atom. The third-order valence-corrected chi connectivity index (χ3v) is 3.43. The lowest BCUT2D eigenvalue weighted by Gasteiger charge is -2.30. The van der Waals surface area contributed by atoms with E-state index in [4.69, 9.17) is 0 Å². The number of aliphatic hydroxyl groups is 2. The number of hydrogen-bond donors (Lipinski definition) is 2. The Bertz CT molecular complexity index is 386. The molecule has 2 atom stereocenters. The molecule has 2 unspecified atom stereocenters. The molecular weight excluding hydrogens is 233 g/mol. The Kier molecular flexibility index (Phi) is 4.69. The summed E-state index contributed by atoms with van der Waals surface area (Å²) < 4.78 is 13.0. The zero-order valence-corrected chi connectivity index (χ0v) is 10.4. The molecule has 0 radical (unpaired) electrons. The van der Waals surface area contributed by atoms with Crippen LogP contribution in [0.4, 0.5) is 4.39 Å². The summed E-state index contributed by atoms with van der Waals surface area (Å²) >= 11 is 0. The molecule has 0 saturated carbocycles. The molecule has 4 heteroatoms. The lowest BCUT2D eigenvalue weighted by atomic mass is 10.0. The molecule has 3 nitrogen and oxygen atoms in total. The highest BCUT2D eigenvalue weighted by atomic mass is 19.1. The number of nitrogens with zero attached hydrogens (tertiary/aromatic N) is 1. The van der Waals surface area contributed by atoms with Crippen LogP contribution in [0.25, 0.3) is 0 Å². The van der Waals surface area contributed by atoms with Crippen LogP contribution in [-0.2, 0) is 0 Å². The first-order valence-corrected chi connectivity index (χ1v) is 6.49. The van der Waals surface area contributed by atoms with Crippen molar-refractivity contribution in [2.45, 2.75) is 31.5 Å². The molecule has 2 rings (SSSR count). The van der Waals surface area contributed by atoms with Crippen molar-refractivity contribution in [1.82, 2.24) is 4.90 Å². The normalized spacial score (nSPS) is 22.9. The summed E-state index contributed by atoms with van der Waals surface area (Å²) in [4.78, 5) is 2.15. The van der Waals surface area contributed by atoms with Gasteiger partial charge in [-0.05, 0) is 43.5 Å². The molecule has 0 spiro atoms. The van der Waals surface area contributed by atoms with Gasteiger partial charge in [0, 0.05) is 13.1 Å². The van der Waals surface area contributed by atoms with E-state index in [1.54, 1.807) is 12.1 Å². The quantitative estimate of drug-likeness (QED) is 0.858. The summed E-state index contributed by atoms with van der Waals surface area (Å²) in [7, 11) is 0. The van der Waals surface area contributed by atoms with Gasteiger partial charge >= 0.3 is 0 Å². The Labute approximate surface area is 107 Å². The number of halogens is 1. The third kappa shape index (κ3) is 3.77. The van der Waals surface area contributed by atoms with Gasteiger partial charge in [0.15, 0.2) is 0 Å². The lowest BCUT2D eigenvalue weighted by molar-refractivity contribution is 0.0590. The molecular formula is C14H20FNO2. The minimum atomic E-state index is -0.639. The number of β-amino-alcohol motifs (C(OH)–C–C–N with tert-alkyl or cyclic N) is 1. The van der Waals surface area contributed by atoms with E-state index < -0.39 is 6.10 Å². The maximum absolute atomic E-state index is 13.0. The van der Waals surface area contributed by atoms with Gasteiger partial charge in [0.25, 0.3) is 0 Å². The zero-order valence-electron chi connectivity index (χ0n) is 10.4. The predicted octanol–water partition coefficient (Wildman–Crippen LogP) is 1.71. The average molecular weight is 253 g/mol. The van der Waals surface area contributed by atoms with Crippen molar-refractivity contribution < 1.29 is 14.6 Å². The van der Waals surface area contributed by atoms with Gasteiger partial charge in [-0.25, -0.2) is 4.39 Å². The van der Waals surface area contributed by atoms with E-state index in [2.05, 4.69) is 4.90 Å². The maximum Gasteiger partial charge on any atom is 0.123 e. The molecule has 1 heterocycles. The summed E-state index contributed by atoms with van der Waals surface area (Å²) in [6.45, 7) is 2.37. The molecule has 0 amide bonds. The SMILES string of the molecule is OC1CCCN(CCC(O)c2cccc(F)c2)C1. The highest BCUT2D eigenvalue weighted by molar-refractivity contribution is 5.18.